The zero-order chi connectivity index (χ0) is 20.3. The van der Waals surface area contributed by atoms with Gasteiger partial charge in [0, 0.05) is 36.3 Å². The van der Waals surface area contributed by atoms with E-state index in [0.717, 1.165) is 0 Å². The Kier molecular flexibility index (Phi) is 14.6. The van der Waals surface area contributed by atoms with Crippen molar-refractivity contribution in [2.24, 2.45) is 5.41 Å². The van der Waals surface area contributed by atoms with Gasteiger partial charge in [-0.15, -0.1) is 12.5 Å². The van der Waals surface area contributed by atoms with Crippen molar-refractivity contribution in [1.82, 2.24) is 0 Å². The van der Waals surface area contributed by atoms with E-state index in [1.807, 2.05) is 0 Å². The molecule has 0 aliphatic rings. The standard InChI is InChI=1S/C18H16Cl2F6.2CH3.Hf/c1-11(10-16(3,17(21,22)23)18(24,25)26)6-4-5-7-13-8-14(19)9-15(20)12(13)2;;;/h7-9H,2-4,6,10H2,1H3;2*1H3;/q-4;2*-1;. The molecule has 0 N–H and O–H groups in total. The van der Waals surface area contributed by atoms with Gasteiger partial charge in [0.15, 0.2) is 0 Å². The third kappa shape index (κ3) is 8.86. The third-order valence-corrected chi connectivity index (χ3v) is 4.39. The summed E-state index contributed by atoms with van der Waals surface area (Å²) >= 11 is 11.8. The van der Waals surface area contributed by atoms with Crippen LogP contribution in [0, 0.1) is 46.1 Å². The van der Waals surface area contributed by atoms with Crippen LogP contribution in [0.3, 0.4) is 0 Å². The maximum Gasteiger partial charge on any atom is 0.374 e. The number of halogens is 8. The van der Waals surface area contributed by atoms with Crippen LogP contribution in [0.2, 0.25) is 10.0 Å². The van der Waals surface area contributed by atoms with E-state index in [1.165, 1.54) is 19.1 Å². The number of rotatable bonds is 6. The topological polar surface area (TPSA) is 0 Å². The van der Waals surface area contributed by atoms with Gasteiger partial charge in [-0.05, 0) is 0 Å². The third-order valence-electron chi connectivity index (χ3n) is 3.84. The first-order valence-electron chi connectivity index (χ1n) is 7.37. The molecule has 0 bridgehead atoms. The average Bonchev–Trinajstić information content (AvgIpc) is 2.45. The molecule has 0 saturated carbocycles. The average molecular weight is 626 g/mol. The van der Waals surface area contributed by atoms with Gasteiger partial charge in [0.2, 0.25) is 0 Å². The Hall–Kier alpha value is -0.140. The molecule has 0 radical (unpaired) electrons. The second-order valence-electron chi connectivity index (χ2n) is 6.02. The Morgan fingerprint density at radius 1 is 1.07 bits per heavy atom. The molecule has 0 aromatic heterocycles. The normalized spacial score (nSPS) is 12.4. The van der Waals surface area contributed by atoms with E-state index in [2.05, 4.69) is 19.9 Å². The van der Waals surface area contributed by atoms with Crippen molar-refractivity contribution in [3.8, 4) is 0 Å². The number of alkyl halides is 6. The fourth-order valence-corrected chi connectivity index (χ4v) is 2.69. The second-order valence-corrected chi connectivity index (χ2v) is 6.86. The minimum atomic E-state index is -5.49. The fourth-order valence-electron chi connectivity index (χ4n) is 2.18. The van der Waals surface area contributed by atoms with E-state index in [4.69, 9.17) is 23.2 Å². The first-order chi connectivity index (χ1) is 11.7. The van der Waals surface area contributed by atoms with Crippen molar-refractivity contribution in [1.29, 1.82) is 0 Å². The zero-order valence-electron chi connectivity index (χ0n) is 16.3. The molecule has 168 valence electrons. The SMILES string of the molecule is [CH2-]c1c(Cl)cc(Cl)cc1C=[C-]CC[C-](C)CC([CH2-])(C(F)(F)F)C(F)(F)F.[CH3-].[CH3-].[Hf]. The van der Waals surface area contributed by atoms with E-state index in [-0.39, 0.29) is 59.5 Å². The summed E-state index contributed by atoms with van der Waals surface area (Å²) in [5, 5.41) is 0.709. The monoisotopic (exact) mass is 626 g/mol. The predicted molar refractivity (Wildman–Crippen MR) is 104 cm³/mol. The number of hydrogen-bond donors (Lipinski definition) is 0. The molecule has 0 amide bonds. The van der Waals surface area contributed by atoms with Gasteiger partial charge in [-0.2, -0.15) is 68.8 Å². The van der Waals surface area contributed by atoms with Gasteiger partial charge < -0.3 is 27.7 Å². The van der Waals surface area contributed by atoms with Crippen LogP contribution in [0.25, 0.3) is 6.08 Å². The molecule has 1 rings (SSSR count). The minimum absolute atomic E-state index is 0. The quantitative estimate of drug-likeness (QED) is 0.169. The van der Waals surface area contributed by atoms with Crippen LogP contribution in [0.5, 0.6) is 0 Å². The summed E-state index contributed by atoms with van der Waals surface area (Å²) < 4.78 is 77.0. The molecule has 1 aromatic carbocycles. The summed E-state index contributed by atoms with van der Waals surface area (Å²) in [6.07, 6.45) is -7.79. The summed E-state index contributed by atoms with van der Waals surface area (Å²) in [7, 11) is 0. The van der Waals surface area contributed by atoms with Gasteiger partial charge in [-0.1, -0.05) is 22.7 Å². The number of allylic oxidation sites excluding steroid dienone is 1. The Labute approximate surface area is 198 Å². The second kappa shape index (κ2) is 12.7. The van der Waals surface area contributed by atoms with Crippen LogP contribution in [0.15, 0.2) is 12.1 Å². The molecule has 1 aromatic rings. The number of hydrogen-bond acceptors (Lipinski definition) is 0. The van der Waals surface area contributed by atoms with Crippen molar-refractivity contribution in [2.45, 2.75) is 38.5 Å². The van der Waals surface area contributed by atoms with Crippen molar-refractivity contribution < 1.29 is 52.2 Å². The van der Waals surface area contributed by atoms with Gasteiger partial charge in [-0.3, -0.25) is 6.08 Å². The Morgan fingerprint density at radius 2 is 1.55 bits per heavy atom. The minimum Gasteiger partial charge on any atom is -0.358 e. The van der Waals surface area contributed by atoms with E-state index in [0.29, 0.717) is 21.2 Å². The molecule has 0 nitrogen and oxygen atoms in total. The van der Waals surface area contributed by atoms with Crippen LogP contribution in [0.1, 0.15) is 37.3 Å². The molecule has 0 aliphatic carbocycles. The molecule has 0 atom stereocenters. The fraction of sp³-hybridized carbons (Fsp3) is 0.350. The molecule has 0 spiro atoms. The largest absolute Gasteiger partial charge is 0.374 e. The Balaban J connectivity index is -0.00000225. The predicted octanol–water partition coefficient (Wildman–Crippen LogP) is 8.60. The van der Waals surface area contributed by atoms with Gasteiger partial charge in [0.25, 0.3) is 0 Å². The summed E-state index contributed by atoms with van der Waals surface area (Å²) in [6.45, 7) is 7.41. The molecule has 0 saturated heterocycles. The van der Waals surface area contributed by atoms with Crippen LogP contribution in [0.4, 0.5) is 26.3 Å². The molecule has 0 aliphatic heterocycles. The van der Waals surface area contributed by atoms with E-state index >= 15 is 0 Å². The Bertz CT molecular complexity index is 640. The van der Waals surface area contributed by atoms with Crippen molar-refractivity contribution in [3.05, 3.63) is 74.0 Å². The first-order valence-corrected chi connectivity index (χ1v) is 8.12. The molecule has 0 heterocycles. The van der Waals surface area contributed by atoms with Crippen LogP contribution in [-0.2, 0) is 25.8 Å². The van der Waals surface area contributed by atoms with Gasteiger partial charge in [0.1, 0.15) is 0 Å². The number of benzene rings is 1. The summed E-state index contributed by atoms with van der Waals surface area (Å²) in [5.74, 6) is 0.0227. The van der Waals surface area contributed by atoms with Gasteiger partial charge >= 0.3 is 12.4 Å². The maximum absolute atomic E-state index is 12.8. The van der Waals surface area contributed by atoms with E-state index in [9.17, 15) is 26.3 Å². The van der Waals surface area contributed by atoms with Gasteiger partial charge in [0.05, 0.1) is 0 Å². The smallest absolute Gasteiger partial charge is 0.358 e. The Morgan fingerprint density at radius 3 is 2.00 bits per heavy atom. The summed E-state index contributed by atoms with van der Waals surface area (Å²) in [4.78, 5) is 0. The van der Waals surface area contributed by atoms with E-state index in [1.54, 1.807) is 6.07 Å². The van der Waals surface area contributed by atoms with Crippen molar-refractivity contribution >= 4 is 29.3 Å². The van der Waals surface area contributed by atoms with Gasteiger partial charge in [-0.25, -0.2) is 13.0 Å². The molecule has 0 unspecified atom stereocenters. The summed E-state index contributed by atoms with van der Waals surface area (Å²) in [5.41, 5.74) is -2.96. The van der Waals surface area contributed by atoms with Crippen molar-refractivity contribution in [2.75, 3.05) is 0 Å². The molecular weight excluding hydrogens is 604 g/mol. The van der Waals surface area contributed by atoms with Crippen molar-refractivity contribution in [3.63, 3.8) is 0 Å². The molecule has 29 heavy (non-hydrogen) atoms. The maximum atomic E-state index is 12.8. The van der Waals surface area contributed by atoms with Crippen LogP contribution >= 0.6 is 23.2 Å². The van der Waals surface area contributed by atoms with Crippen LogP contribution in [-0.4, -0.2) is 12.4 Å². The molecule has 0 fully saturated rings. The zero-order valence-corrected chi connectivity index (χ0v) is 21.4. The van der Waals surface area contributed by atoms with Crippen LogP contribution < -0.4 is 0 Å². The summed E-state index contributed by atoms with van der Waals surface area (Å²) in [6, 6.07) is 3.08. The molecule has 9 heteroatoms. The first kappa shape index (κ1) is 33.5. The molecular formula is C20H22Cl2F6Hf-6. The van der Waals surface area contributed by atoms with E-state index < -0.39 is 24.2 Å².